The Balaban J connectivity index is 2.44. The summed E-state index contributed by atoms with van der Waals surface area (Å²) in [7, 11) is 0. The van der Waals surface area contributed by atoms with Crippen LogP contribution in [0.4, 0.5) is 11.4 Å². The Morgan fingerprint density at radius 2 is 1.57 bits per heavy atom. The Labute approximate surface area is 128 Å². The predicted octanol–water partition coefficient (Wildman–Crippen LogP) is 4.60. The largest absolute Gasteiger partial charge is 0.449 e. The highest BCUT2D eigenvalue weighted by atomic mass is 35.5. The lowest BCUT2D eigenvalue weighted by Gasteiger charge is -2.08. The SMILES string of the molecule is O=[N+]([O-])c1ccc(Oc2ccc(Cl)cc2Cl)c([N+](=O)[O-])c1. The molecule has 0 saturated heterocycles. The third-order valence-electron chi connectivity index (χ3n) is 2.46. The number of ether oxygens (including phenoxy) is 1. The molecule has 0 aromatic heterocycles. The van der Waals surface area contributed by atoms with Gasteiger partial charge in [0, 0.05) is 11.1 Å². The van der Waals surface area contributed by atoms with Crippen molar-refractivity contribution in [3.05, 3.63) is 66.7 Å². The molecule has 0 aliphatic rings. The van der Waals surface area contributed by atoms with Gasteiger partial charge in [0.2, 0.25) is 5.75 Å². The molecule has 0 N–H and O–H groups in total. The molecule has 7 nitrogen and oxygen atoms in total. The van der Waals surface area contributed by atoms with Gasteiger partial charge in [-0.15, -0.1) is 0 Å². The van der Waals surface area contributed by atoms with E-state index in [4.69, 9.17) is 27.9 Å². The lowest BCUT2D eigenvalue weighted by atomic mass is 10.2. The first kappa shape index (κ1) is 15.0. The van der Waals surface area contributed by atoms with Gasteiger partial charge in [0.1, 0.15) is 5.75 Å². The van der Waals surface area contributed by atoms with Gasteiger partial charge in [0.05, 0.1) is 20.9 Å². The number of benzene rings is 2. The summed E-state index contributed by atoms with van der Waals surface area (Å²) in [4.78, 5) is 20.1. The molecule has 0 unspecified atom stereocenters. The van der Waals surface area contributed by atoms with Crippen LogP contribution in [-0.2, 0) is 0 Å². The normalized spacial score (nSPS) is 10.2. The summed E-state index contributed by atoms with van der Waals surface area (Å²) in [6, 6.07) is 7.41. The second kappa shape index (κ2) is 5.94. The number of hydrogen-bond acceptors (Lipinski definition) is 5. The van der Waals surface area contributed by atoms with Crippen molar-refractivity contribution in [1.29, 1.82) is 0 Å². The van der Waals surface area contributed by atoms with Crippen molar-refractivity contribution in [2.75, 3.05) is 0 Å². The zero-order chi connectivity index (χ0) is 15.6. The van der Waals surface area contributed by atoms with Gasteiger partial charge in [-0.1, -0.05) is 23.2 Å². The highest BCUT2D eigenvalue weighted by molar-refractivity contribution is 6.35. The molecule has 2 aromatic carbocycles. The standard InChI is InChI=1S/C12H6Cl2N2O5/c13-7-1-3-11(9(14)5-7)21-12-4-2-8(15(17)18)6-10(12)16(19)20/h1-6H. The molecule has 0 aliphatic heterocycles. The summed E-state index contributed by atoms with van der Waals surface area (Å²) in [6.07, 6.45) is 0. The Bertz CT molecular complexity index is 736. The highest BCUT2D eigenvalue weighted by Crippen LogP contribution is 2.37. The molecule has 2 aromatic rings. The third-order valence-corrected chi connectivity index (χ3v) is 2.99. The van der Waals surface area contributed by atoms with Gasteiger partial charge in [0.25, 0.3) is 5.69 Å². The molecule has 0 fully saturated rings. The predicted molar refractivity (Wildman–Crippen MR) is 76.3 cm³/mol. The van der Waals surface area contributed by atoms with Crippen LogP contribution in [0.1, 0.15) is 0 Å². The van der Waals surface area contributed by atoms with E-state index in [-0.39, 0.29) is 16.5 Å². The van der Waals surface area contributed by atoms with Gasteiger partial charge in [-0.25, -0.2) is 0 Å². The number of rotatable bonds is 4. The van der Waals surface area contributed by atoms with Crippen LogP contribution >= 0.6 is 23.2 Å². The van der Waals surface area contributed by atoms with Crippen molar-refractivity contribution in [3.8, 4) is 11.5 Å². The summed E-state index contributed by atoms with van der Waals surface area (Å²) >= 11 is 11.6. The maximum atomic E-state index is 11.0. The molecule has 108 valence electrons. The minimum absolute atomic E-state index is 0.151. The summed E-state index contributed by atoms with van der Waals surface area (Å²) in [5, 5.41) is 22.2. The van der Waals surface area contributed by atoms with E-state index in [2.05, 4.69) is 0 Å². The molecule has 21 heavy (non-hydrogen) atoms. The molecule has 0 bridgehead atoms. The van der Waals surface area contributed by atoms with Crippen molar-refractivity contribution in [1.82, 2.24) is 0 Å². The first-order valence-corrected chi connectivity index (χ1v) is 6.20. The quantitative estimate of drug-likeness (QED) is 0.603. The van der Waals surface area contributed by atoms with Gasteiger partial charge >= 0.3 is 5.69 Å². The van der Waals surface area contributed by atoms with E-state index in [1.807, 2.05) is 0 Å². The van der Waals surface area contributed by atoms with E-state index < -0.39 is 21.2 Å². The van der Waals surface area contributed by atoms with E-state index in [1.165, 1.54) is 18.2 Å². The van der Waals surface area contributed by atoms with Crippen molar-refractivity contribution < 1.29 is 14.6 Å². The second-order valence-corrected chi connectivity index (χ2v) is 4.69. The number of non-ortho nitro benzene ring substituents is 1. The van der Waals surface area contributed by atoms with E-state index >= 15 is 0 Å². The van der Waals surface area contributed by atoms with Gasteiger partial charge < -0.3 is 4.74 Å². The zero-order valence-electron chi connectivity index (χ0n) is 10.2. The van der Waals surface area contributed by atoms with Crippen LogP contribution in [0.15, 0.2) is 36.4 Å². The molecule has 9 heteroatoms. The second-order valence-electron chi connectivity index (χ2n) is 3.84. The molecule has 0 amide bonds. The van der Waals surface area contributed by atoms with Crippen LogP contribution in [0.3, 0.4) is 0 Å². The maximum Gasteiger partial charge on any atom is 0.318 e. The summed E-state index contributed by atoms with van der Waals surface area (Å²) in [6.45, 7) is 0. The number of halogens is 2. The first-order chi connectivity index (χ1) is 9.88. The van der Waals surface area contributed by atoms with E-state index in [1.54, 1.807) is 0 Å². The van der Waals surface area contributed by atoms with Crippen LogP contribution in [0.2, 0.25) is 10.0 Å². The van der Waals surface area contributed by atoms with Gasteiger partial charge in [-0.2, -0.15) is 0 Å². The summed E-state index contributed by atoms with van der Waals surface area (Å²) in [5.41, 5.74) is -0.938. The molecule has 0 atom stereocenters. The van der Waals surface area contributed by atoms with Crippen molar-refractivity contribution in [2.45, 2.75) is 0 Å². The molecule has 0 radical (unpaired) electrons. The third kappa shape index (κ3) is 3.39. The number of nitro benzene ring substituents is 2. The van der Waals surface area contributed by atoms with Crippen LogP contribution in [0, 0.1) is 20.2 Å². The minimum Gasteiger partial charge on any atom is -0.449 e. The van der Waals surface area contributed by atoms with Gasteiger partial charge in [-0.3, -0.25) is 20.2 Å². The Hall–Kier alpha value is -2.38. The average Bonchev–Trinajstić information content (AvgIpc) is 2.41. The molecule has 0 heterocycles. The fourth-order valence-electron chi connectivity index (χ4n) is 1.52. The zero-order valence-corrected chi connectivity index (χ0v) is 11.7. The fourth-order valence-corrected chi connectivity index (χ4v) is 1.97. The molecule has 0 aliphatic carbocycles. The monoisotopic (exact) mass is 328 g/mol. The van der Waals surface area contributed by atoms with E-state index in [0.717, 1.165) is 18.2 Å². The summed E-state index contributed by atoms with van der Waals surface area (Å²) in [5.74, 6) is -0.00663. The highest BCUT2D eigenvalue weighted by Gasteiger charge is 2.21. The Kier molecular flexibility index (Phi) is 4.25. The lowest BCUT2D eigenvalue weighted by Crippen LogP contribution is -1.96. The smallest absolute Gasteiger partial charge is 0.318 e. The maximum absolute atomic E-state index is 11.0. The van der Waals surface area contributed by atoms with Crippen LogP contribution < -0.4 is 4.74 Å². The molecular weight excluding hydrogens is 323 g/mol. The molecular formula is C12H6Cl2N2O5. The molecule has 0 saturated carbocycles. The van der Waals surface area contributed by atoms with Crippen molar-refractivity contribution in [3.63, 3.8) is 0 Å². The Morgan fingerprint density at radius 3 is 2.14 bits per heavy atom. The number of nitrogens with zero attached hydrogens (tertiary/aromatic N) is 2. The van der Waals surface area contributed by atoms with Crippen LogP contribution in [0.5, 0.6) is 11.5 Å². The van der Waals surface area contributed by atoms with E-state index in [0.29, 0.717) is 5.02 Å². The average molecular weight is 329 g/mol. The number of hydrogen-bond donors (Lipinski definition) is 0. The minimum atomic E-state index is -0.772. The number of nitro groups is 2. The van der Waals surface area contributed by atoms with Gasteiger partial charge in [0.15, 0.2) is 0 Å². The topological polar surface area (TPSA) is 95.5 Å². The first-order valence-electron chi connectivity index (χ1n) is 5.44. The fraction of sp³-hybridized carbons (Fsp3) is 0. The van der Waals surface area contributed by atoms with Crippen molar-refractivity contribution >= 4 is 34.6 Å². The molecule has 2 rings (SSSR count). The van der Waals surface area contributed by atoms with Crippen LogP contribution in [-0.4, -0.2) is 9.85 Å². The van der Waals surface area contributed by atoms with Crippen LogP contribution in [0.25, 0.3) is 0 Å². The van der Waals surface area contributed by atoms with Crippen molar-refractivity contribution in [2.24, 2.45) is 0 Å². The lowest BCUT2D eigenvalue weighted by molar-refractivity contribution is -0.394. The van der Waals surface area contributed by atoms with Gasteiger partial charge in [-0.05, 0) is 24.3 Å². The Morgan fingerprint density at radius 1 is 0.905 bits per heavy atom. The van der Waals surface area contributed by atoms with E-state index in [9.17, 15) is 20.2 Å². The molecule has 0 spiro atoms. The summed E-state index contributed by atoms with van der Waals surface area (Å²) < 4.78 is 5.34.